The van der Waals surface area contributed by atoms with E-state index in [9.17, 15) is 9.59 Å². The van der Waals surface area contributed by atoms with Gasteiger partial charge in [-0.15, -0.1) is 11.3 Å². The molecule has 1 aromatic carbocycles. The Kier molecular flexibility index (Phi) is 7.78. The van der Waals surface area contributed by atoms with E-state index in [-0.39, 0.29) is 32.3 Å². The van der Waals surface area contributed by atoms with Crippen LogP contribution in [0.15, 0.2) is 18.2 Å². The van der Waals surface area contributed by atoms with Crippen molar-refractivity contribution in [3.63, 3.8) is 0 Å². The molecule has 0 saturated heterocycles. The summed E-state index contributed by atoms with van der Waals surface area (Å²) in [6, 6.07) is 5.54. The largest absolute Gasteiger partial charge is 0.482 e. The molecule has 0 fully saturated rings. The van der Waals surface area contributed by atoms with E-state index in [0.29, 0.717) is 31.3 Å². The fraction of sp³-hybridized carbons (Fsp3) is 0.476. The maximum absolute atomic E-state index is 12.4. The second kappa shape index (κ2) is 10.5. The van der Waals surface area contributed by atoms with Crippen LogP contribution >= 0.6 is 11.3 Å². The molecule has 30 heavy (non-hydrogen) atoms. The number of aryl methyl sites for hydroxylation is 2. The van der Waals surface area contributed by atoms with Crippen LogP contribution in [-0.2, 0) is 23.8 Å². The van der Waals surface area contributed by atoms with Gasteiger partial charge in [0, 0.05) is 17.0 Å². The summed E-state index contributed by atoms with van der Waals surface area (Å²) in [4.78, 5) is 31.8. The van der Waals surface area contributed by atoms with E-state index in [1.54, 1.807) is 17.4 Å². The smallest absolute Gasteiger partial charge is 0.326 e. The van der Waals surface area contributed by atoms with Crippen LogP contribution in [0.1, 0.15) is 16.8 Å². The molecular weight excluding hydrogens is 408 g/mol. The monoisotopic (exact) mass is 434 g/mol. The number of thiazole rings is 1. The van der Waals surface area contributed by atoms with Gasteiger partial charge in [-0.1, -0.05) is 0 Å². The van der Waals surface area contributed by atoms with Crippen molar-refractivity contribution in [1.82, 2.24) is 4.98 Å². The minimum Gasteiger partial charge on any atom is -0.482 e. The first-order valence-corrected chi connectivity index (χ1v) is 10.6. The van der Waals surface area contributed by atoms with E-state index in [4.69, 9.17) is 18.9 Å². The van der Waals surface area contributed by atoms with E-state index in [1.165, 1.54) is 4.90 Å². The summed E-state index contributed by atoms with van der Waals surface area (Å²) in [5.74, 6) is -0.249. The quantitative estimate of drug-likeness (QED) is 0.420. The first kappa shape index (κ1) is 22.2. The normalized spacial score (nSPS) is 13.2. The molecule has 0 unspecified atom stereocenters. The number of aromatic nitrogens is 1. The van der Waals surface area contributed by atoms with Gasteiger partial charge in [-0.05, 0) is 39.0 Å². The minimum atomic E-state index is -0.504. The van der Waals surface area contributed by atoms with Crippen molar-refractivity contribution < 1.29 is 28.5 Å². The van der Waals surface area contributed by atoms with Crippen molar-refractivity contribution in [2.45, 2.75) is 20.8 Å². The van der Waals surface area contributed by atoms with Gasteiger partial charge in [-0.25, -0.2) is 4.98 Å². The predicted octanol–water partition coefficient (Wildman–Crippen LogP) is 2.75. The molecule has 162 valence electrons. The fourth-order valence-corrected chi connectivity index (χ4v) is 3.91. The molecule has 9 heteroatoms. The summed E-state index contributed by atoms with van der Waals surface area (Å²) < 4.78 is 21.2. The number of rotatable bonds is 10. The van der Waals surface area contributed by atoms with Crippen LogP contribution in [0.2, 0.25) is 0 Å². The van der Waals surface area contributed by atoms with Gasteiger partial charge in [-0.2, -0.15) is 0 Å². The lowest BCUT2D eigenvalue weighted by atomic mass is 10.1. The van der Waals surface area contributed by atoms with Crippen molar-refractivity contribution in [2.24, 2.45) is 0 Å². The Morgan fingerprint density at radius 2 is 1.97 bits per heavy atom. The average Bonchev–Trinajstić information content (AvgIpc) is 3.07. The first-order chi connectivity index (χ1) is 14.5. The number of benzene rings is 1. The highest BCUT2D eigenvalue weighted by Crippen LogP contribution is 2.37. The Labute approximate surface area is 179 Å². The topological polar surface area (TPSA) is 87.2 Å². The summed E-state index contributed by atoms with van der Waals surface area (Å²) in [5.41, 5.74) is 2.28. The van der Waals surface area contributed by atoms with Gasteiger partial charge >= 0.3 is 5.97 Å². The van der Waals surface area contributed by atoms with Crippen LogP contribution in [0.25, 0.3) is 11.3 Å². The highest BCUT2D eigenvalue weighted by atomic mass is 32.1. The Morgan fingerprint density at radius 1 is 1.20 bits per heavy atom. The van der Waals surface area contributed by atoms with Crippen molar-refractivity contribution in [3.05, 3.63) is 28.1 Å². The Balaban J connectivity index is 1.63. The Bertz CT molecular complexity index is 898. The number of carbonyl (C=O) groups is 2. The molecule has 8 nitrogen and oxygen atoms in total. The van der Waals surface area contributed by atoms with Gasteiger partial charge in [0.15, 0.2) is 6.61 Å². The molecule has 2 heterocycles. The Hall–Kier alpha value is -2.49. The van der Waals surface area contributed by atoms with Gasteiger partial charge < -0.3 is 18.9 Å². The number of ether oxygens (including phenoxy) is 4. The number of carbonyl (C=O) groups excluding carboxylic acids is 2. The van der Waals surface area contributed by atoms with Crippen molar-refractivity contribution >= 4 is 28.9 Å². The average molecular weight is 435 g/mol. The predicted molar refractivity (Wildman–Crippen MR) is 113 cm³/mol. The zero-order valence-corrected chi connectivity index (χ0v) is 18.3. The lowest BCUT2D eigenvalue weighted by molar-refractivity contribution is -0.144. The third-order valence-electron chi connectivity index (χ3n) is 4.43. The van der Waals surface area contributed by atoms with Crippen molar-refractivity contribution in [2.75, 3.05) is 51.1 Å². The summed E-state index contributed by atoms with van der Waals surface area (Å²) in [6.07, 6.45) is 0. The number of fused-ring (bicyclic) bond motifs is 1. The van der Waals surface area contributed by atoms with Crippen LogP contribution in [-0.4, -0.2) is 63.0 Å². The number of amides is 1. The summed E-state index contributed by atoms with van der Waals surface area (Å²) in [7, 11) is 0. The zero-order chi connectivity index (χ0) is 21.5. The van der Waals surface area contributed by atoms with Crippen LogP contribution in [0.4, 0.5) is 5.69 Å². The highest BCUT2D eigenvalue weighted by Gasteiger charge is 2.28. The summed E-state index contributed by atoms with van der Waals surface area (Å²) in [6.45, 7) is 7.55. The minimum absolute atomic E-state index is 0.116. The van der Waals surface area contributed by atoms with Crippen molar-refractivity contribution in [3.8, 4) is 17.0 Å². The number of anilines is 1. The third kappa shape index (κ3) is 5.56. The van der Waals surface area contributed by atoms with E-state index >= 15 is 0 Å². The van der Waals surface area contributed by atoms with Gasteiger partial charge in [0.1, 0.15) is 18.9 Å². The molecule has 1 amide bonds. The first-order valence-electron chi connectivity index (χ1n) is 9.82. The molecule has 0 aliphatic carbocycles. The second-order valence-corrected chi connectivity index (χ2v) is 8.03. The maximum Gasteiger partial charge on any atom is 0.326 e. The molecule has 0 bridgehead atoms. The number of esters is 1. The lowest BCUT2D eigenvalue weighted by Crippen LogP contribution is -2.42. The van der Waals surface area contributed by atoms with Gasteiger partial charge in [0.05, 0.1) is 36.2 Å². The molecule has 0 atom stereocenters. The second-order valence-electron chi connectivity index (χ2n) is 6.62. The van der Waals surface area contributed by atoms with Crippen molar-refractivity contribution in [1.29, 1.82) is 0 Å². The van der Waals surface area contributed by atoms with E-state index in [0.717, 1.165) is 21.1 Å². The SMILES string of the molecule is CCOCCOCCOC(=O)CN1C(=O)COc2ccc(-c3nc(C)sc3C)cc21. The van der Waals surface area contributed by atoms with Gasteiger partial charge in [0.25, 0.3) is 5.91 Å². The summed E-state index contributed by atoms with van der Waals surface area (Å²) in [5, 5.41) is 0.969. The molecule has 2 aromatic rings. The molecule has 1 aromatic heterocycles. The molecule has 1 aliphatic heterocycles. The van der Waals surface area contributed by atoms with Gasteiger partial charge in [-0.3, -0.25) is 14.5 Å². The van der Waals surface area contributed by atoms with Crippen LogP contribution in [0.3, 0.4) is 0 Å². The lowest BCUT2D eigenvalue weighted by Gasteiger charge is -2.29. The molecule has 0 N–H and O–H groups in total. The Morgan fingerprint density at radius 3 is 2.70 bits per heavy atom. The maximum atomic E-state index is 12.4. The molecule has 3 rings (SSSR count). The molecule has 0 spiro atoms. The summed E-state index contributed by atoms with van der Waals surface area (Å²) >= 11 is 1.61. The highest BCUT2D eigenvalue weighted by molar-refractivity contribution is 7.11. The number of nitrogens with zero attached hydrogens (tertiary/aromatic N) is 2. The molecular formula is C21H26N2O6S. The van der Waals surface area contributed by atoms with Crippen LogP contribution in [0, 0.1) is 13.8 Å². The molecule has 0 saturated carbocycles. The number of hydrogen-bond donors (Lipinski definition) is 0. The number of hydrogen-bond acceptors (Lipinski definition) is 8. The fourth-order valence-electron chi connectivity index (χ4n) is 3.07. The standard InChI is InChI=1S/C21H26N2O6S/c1-4-26-7-8-27-9-10-28-20(25)12-23-17-11-16(21-14(2)30-15(3)22-21)5-6-18(17)29-13-19(23)24/h5-6,11H,4,7-10,12-13H2,1-3H3. The van der Waals surface area contributed by atoms with Gasteiger partial charge in [0.2, 0.25) is 0 Å². The molecule has 1 aliphatic rings. The zero-order valence-electron chi connectivity index (χ0n) is 17.4. The van der Waals surface area contributed by atoms with E-state index in [2.05, 4.69) is 4.98 Å². The third-order valence-corrected chi connectivity index (χ3v) is 5.32. The van der Waals surface area contributed by atoms with Crippen LogP contribution in [0.5, 0.6) is 5.75 Å². The van der Waals surface area contributed by atoms with E-state index in [1.807, 2.05) is 32.9 Å². The van der Waals surface area contributed by atoms with Crippen LogP contribution < -0.4 is 9.64 Å². The van der Waals surface area contributed by atoms with E-state index < -0.39 is 5.97 Å². The molecule has 0 radical (unpaired) electrons.